The second-order valence-electron chi connectivity index (χ2n) is 7.85. The summed E-state index contributed by atoms with van der Waals surface area (Å²) in [6.07, 6.45) is 15.9. The Morgan fingerprint density at radius 3 is 2.73 bits per heavy atom. The highest BCUT2D eigenvalue weighted by atomic mass is 15.5. The fraction of sp³-hybridized carbons (Fsp3) is 0.130. The molecule has 0 fully saturated rings. The number of nitrogens with two attached hydrogens (primary N) is 1. The number of nitrogens with zero attached hydrogens (tertiary/aromatic N) is 7. The molecule has 4 N–H and O–H groups in total. The van der Waals surface area contributed by atoms with Crippen molar-refractivity contribution in [2.45, 2.75) is 6.42 Å². The molecular formula is C23H22N10. The molecule has 0 saturated heterocycles. The van der Waals surface area contributed by atoms with Gasteiger partial charge in [0.15, 0.2) is 11.5 Å². The van der Waals surface area contributed by atoms with Crippen LogP contribution >= 0.6 is 0 Å². The molecule has 33 heavy (non-hydrogen) atoms. The minimum atomic E-state index is 0.689. The van der Waals surface area contributed by atoms with Gasteiger partial charge in [-0.1, -0.05) is 6.08 Å². The first kappa shape index (κ1) is 19.3. The molecule has 4 aromatic heterocycles. The van der Waals surface area contributed by atoms with Gasteiger partial charge < -0.3 is 21.0 Å². The van der Waals surface area contributed by atoms with Crippen LogP contribution in [0.3, 0.4) is 0 Å². The number of imidazole rings is 2. The van der Waals surface area contributed by atoms with Crippen molar-refractivity contribution in [3.8, 4) is 16.9 Å². The molecule has 1 aliphatic heterocycles. The van der Waals surface area contributed by atoms with Crippen LogP contribution in [0, 0.1) is 0 Å². The van der Waals surface area contributed by atoms with E-state index in [1.165, 1.54) is 10.4 Å². The van der Waals surface area contributed by atoms with Gasteiger partial charge in [-0.25, -0.2) is 15.0 Å². The number of benzene rings is 1. The van der Waals surface area contributed by atoms with Gasteiger partial charge in [0.05, 0.1) is 36.3 Å². The summed E-state index contributed by atoms with van der Waals surface area (Å²) in [4.78, 5) is 15.0. The predicted octanol–water partition coefficient (Wildman–Crippen LogP) is 2.61. The topological polar surface area (TPSA) is 116 Å². The molecule has 0 radical (unpaired) electrons. The number of rotatable bonds is 5. The standard InChI is InChI=1S/C23H22N10/c24-33-13-17(11-28-33)21-12-27-23-22(30-20(14-32(21)23)16-5-7-25-8-6-16)29-18-1-3-19(4-2-18)31-10-9-26-15-31/h1-5,9-15,25H,6-8,24H2,(H,29,30). The zero-order valence-corrected chi connectivity index (χ0v) is 17.8. The zero-order chi connectivity index (χ0) is 22.2. The average molecular weight is 438 g/mol. The average Bonchev–Trinajstić information content (AvgIpc) is 3.61. The number of fused-ring (bicyclic) bond motifs is 1. The Kier molecular flexibility index (Phi) is 4.62. The first-order valence-corrected chi connectivity index (χ1v) is 10.7. The van der Waals surface area contributed by atoms with Gasteiger partial charge in [-0.15, -0.1) is 0 Å². The van der Waals surface area contributed by atoms with E-state index in [-0.39, 0.29) is 0 Å². The first-order chi connectivity index (χ1) is 16.2. The van der Waals surface area contributed by atoms with Gasteiger partial charge in [-0.05, 0) is 42.8 Å². The smallest absolute Gasteiger partial charge is 0.180 e. The van der Waals surface area contributed by atoms with Crippen molar-refractivity contribution in [1.82, 2.24) is 39.1 Å². The number of nitrogens with one attached hydrogen (secondary N) is 2. The summed E-state index contributed by atoms with van der Waals surface area (Å²) in [6.45, 7) is 1.77. The van der Waals surface area contributed by atoms with Gasteiger partial charge in [-0.2, -0.15) is 9.89 Å². The summed E-state index contributed by atoms with van der Waals surface area (Å²) in [5.74, 6) is 6.47. The van der Waals surface area contributed by atoms with Gasteiger partial charge in [0, 0.05) is 42.1 Å². The van der Waals surface area contributed by atoms with Crippen LogP contribution in [0.4, 0.5) is 11.5 Å². The summed E-state index contributed by atoms with van der Waals surface area (Å²) in [5, 5.41) is 10.9. The second kappa shape index (κ2) is 7.92. The number of aromatic nitrogens is 7. The quantitative estimate of drug-likeness (QED) is 0.361. The molecule has 1 aromatic carbocycles. The molecule has 10 heteroatoms. The van der Waals surface area contributed by atoms with Gasteiger partial charge in [0.25, 0.3) is 0 Å². The molecule has 164 valence electrons. The van der Waals surface area contributed by atoms with E-state index in [4.69, 9.17) is 10.8 Å². The lowest BCUT2D eigenvalue weighted by Gasteiger charge is -2.16. The molecule has 5 aromatic rings. The van der Waals surface area contributed by atoms with Crippen molar-refractivity contribution in [3.05, 3.63) is 79.5 Å². The maximum Gasteiger partial charge on any atom is 0.180 e. The number of hydrogen-bond donors (Lipinski definition) is 3. The summed E-state index contributed by atoms with van der Waals surface area (Å²) in [7, 11) is 0. The van der Waals surface area contributed by atoms with Crippen LogP contribution in [0.1, 0.15) is 12.1 Å². The third-order valence-electron chi connectivity index (χ3n) is 5.72. The Bertz CT molecular complexity index is 1440. The van der Waals surface area contributed by atoms with E-state index >= 15 is 0 Å². The fourth-order valence-corrected chi connectivity index (χ4v) is 4.03. The minimum Gasteiger partial charge on any atom is -0.337 e. The van der Waals surface area contributed by atoms with E-state index in [0.717, 1.165) is 53.5 Å². The van der Waals surface area contributed by atoms with Crippen molar-refractivity contribution in [2.24, 2.45) is 0 Å². The van der Waals surface area contributed by atoms with Crippen molar-refractivity contribution in [2.75, 3.05) is 24.2 Å². The number of hydrogen-bond acceptors (Lipinski definition) is 7. The molecule has 0 saturated carbocycles. The molecule has 0 bridgehead atoms. The minimum absolute atomic E-state index is 0.689. The summed E-state index contributed by atoms with van der Waals surface area (Å²) >= 11 is 0. The summed E-state index contributed by atoms with van der Waals surface area (Å²) in [5.41, 5.74) is 6.60. The van der Waals surface area contributed by atoms with Crippen molar-refractivity contribution < 1.29 is 0 Å². The Balaban J connectivity index is 1.43. The van der Waals surface area contributed by atoms with E-state index in [1.54, 1.807) is 24.9 Å². The van der Waals surface area contributed by atoms with E-state index in [9.17, 15) is 0 Å². The first-order valence-electron chi connectivity index (χ1n) is 10.7. The summed E-state index contributed by atoms with van der Waals surface area (Å²) in [6, 6.07) is 8.11. The molecule has 0 atom stereocenters. The fourth-order valence-electron chi connectivity index (χ4n) is 4.03. The van der Waals surface area contributed by atoms with E-state index in [2.05, 4.69) is 31.8 Å². The largest absolute Gasteiger partial charge is 0.337 e. The molecule has 5 heterocycles. The van der Waals surface area contributed by atoms with Crippen LogP contribution in [0.5, 0.6) is 0 Å². The number of nitrogen functional groups attached to an aromatic ring is 1. The van der Waals surface area contributed by atoms with Crippen molar-refractivity contribution >= 4 is 22.7 Å². The third kappa shape index (κ3) is 3.62. The predicted molar refractivity (Wildman–Crippen MR) is 127 cm³/mol. The lowest BCUT2D eigenvalue weighted by atomic mass is 10.1. The maximum atomic E-state index is 5.78. The van der Waals surface area contributed by atoms with E-state index < -0.39 is 0 Å². The van der Waals surface area contributed by atoms with Crippen molar-refractivity contribution in [3.63, 3.8) is 0 Å². The zero-order valence-electron chi connectivity index (χ0n) is 17.8. The van der Waals surface area contributed by atoms with Crippen molar-refractivity contribution in [1.29, 1.82) is 0 Å². The van der Waals surface area contributed by atoms with Gasteiger partial charge >= 0.3 is 0 Å². The molecular weight excluding hydrogens is 416 g/mol. The molecule has 0 unspecified atom stereocenters. The van der Waals surface area contributed by atoms with Crippen LogP contribution in [0.2, 0.25) is 0 Å². The Labute approximate surface area is 189 Å². The van der Waals surface area contributed by atoms with E-state index in [0.29, 0.717) is 5.82 Å². The van der Waals surface area contributed by atoms with E-state index in [1.807, 2.05) is 51.8 Å². The van der Waals surface area contributed by atoms with Gasteiger partial charge in [0.1, 0.15) is 0 Å². The van der Waals surface area contributed by atoms with Gasteiger partial charge in [-0.3, -0.25) is 4.40 Å². The van der Waals surface area contributed by atoms with Crippen LogP contribution < -0.4 is 16.5 Å². The highest BCUT2D eigenvalue weighted by molar-refractivity contribution is 5.77. The number of anilines is 2. The molecule has 0 spiro atoms. The highest BCUT2D eigenvalue weighted by Gasteiger charge is 2.17. The third-order valence-corrected chi connectivity index (χ3v) is 5.72. The monoisotopic (exact) mass is 438 g/mol. The second-order valence-corrected chi connectivity index (χ2v) is 7.85. The van der Waals surface area contributed by atoms with Gasteiger partial charge in [0.2, 0.25) is 0 Å². The molecule has 10 nitrogen and oxygen atoms in total. The highest BCUT2D eigenvalue weighted by Crippen LogP contribution is 2.29. The van der Waals surface area contributed by atoms with Crippen LogP contribution in [-0.2, 0) is 0 Å². The normalized spacial score (nSPS) is 13.9. The molecule has 0 aliphatic carbocycles. The lowest BCUT2D eigenvalue weighted by Crippen LogP contribution is -2.20. The molecule has 1 aliphatic rings. The van der Waals surface area contributed by atoms with Crippen LogP contribution in [0.25, 0.3) is 28.2 Å². The summed E-state index contributed by atoms with van der Waals surface area (Å²) < 4.78 is 4.01. The molecule has 0 amide bonds. The maximum absolute atomic E-state index is 5.78. The Morgan fingerprint density at radius 2 is 2.00 bits per heavy atom. The SMILES string of the molecule is Nn1cc(-c2cnc3c(Nc4ccc(-n5ccnc5)cc4)nc(C4=CCNCC4)cn23)cn1. The molecule has 6 rings (SSSR count). The Hall–Kier alpha value is -4.44. The lowest BCUT2D eigenvalue weighted by molar-refractivity contribution is 0.736. The van der Waals surface area contributed by atoms with Crippen LogP contribution in [-0.4, -0.2) is 46.9 Å². The van der Waals surface area contributed by atoms with Crippen LogP contribution in [0.15, 0.2) is 73.8 Å². The Morgan fingerprint density at radius 1 is 1.09 bits per heavy atom.